The summed E-state index contributed by atoms with van der Waals surface area (Å²) < 4.78 is 6.84. The molecule has 1 fully saturated rings. The molecule has 1 heterocycles. The van der Waals surface area contributed by atoms with E-state index >= 15 is 0 Å². The first-order valence-corrected chi connectivity index (χ1v) is 6.41. The average Bonchev–Trinajstić information content (AvgIpc) is 2.84. The van der Waals surface area contributed by atoms with E-state index in [1.54, 1.807) is 0 Å². The summed E-state index contributed by atoms with van der Waals surface area (Å²) in [6, 6.07) is 8.21. The fourth-order valence-corrected chi connectivity index (χ4v) is 2.45. The van der Waals surface area contributed by atoms with E-state index in [2.05, 4.69) is 28.1 Å². The minimum absolute atomic E-state index is 0.107. The Bertz CT molecular complexity index is 528. The van der Waals surface area contributed by atoms with Gasteiger partial charge in [0.15, 0.2) is 0 Å². The number of halogens is 1. The zero-order chi connectivity index (χ0) is 11.2. The molecule has 0 unspecified atom stereocenters. The lowest BCUT2D eigenvalue weighted by Gasteiger charge is -2.05. The predicted octanol–water partition coefficient (Wildman–Crippen LogP) is 3.62. The van der Waals surface area contributed by atoms with Gasteiger partial charge in [-0.05, 0) is 47.3 Å². The molecule has 1 aliphatic rings. The lowest BCUT2D eigenvalue weighted by molar-refractivity contribution is 0.507. The number of furan rings is 1. The molecular weight excluding hydrogens is 266 g/mol. The molecule has 1 aliphatic carbocycles. The minimum Gasteiger partial charge on any atom is -0.460 e. The molecule has 0 atom stereocenters. The van der Waals surface area contributed by atoms with E-state index in [0.717, 1.165) is 46.9 Å². The third-order valence-electron chi connectivity index (χ3n) is 3.31. The average molecular weight is 280 g/mol. The van der Waals surface area contributed by atoms with Crippen LogP contribution in [0.1, 0.15) is 25.0 Å². The van der Waals surface area contributed by atoms with Crippen molar-refractivity contribution in [1.29, 1.82) is 0 Å². The quantitative estimate of drug-likeness (QED) is 0.932. The van der Waals surface area contributed by atoms with E-state index in [1.165, 1.54) is 0 Å². The van der Waals surface area contributed by atoms with Gasteiger partial charge in [-0.25, -0.2) is 0 Å². The highest BCUT2D eigenvalue weighted by molar-refractivity contribution is 9.10. The first kappa shape index (κ1) is 10.4. The number of hydrogen-bond donors (Lipinski definition) is 1. The Morgan fingerprint density at radius 3 is 2.88 bits per heavy atom. The molecule has 1 aromatic heterocycles. The minimum atomic E-state index is 0.107. The number of fused-ring (bicyclic) bond motifs is 1. The highest BCUT2D eigenvalue weighted by atomic mass is 79.9. The summed E-state index contributed by atoms with van der Waals surface area (Å²) in [6.07, 6.45) is 4.30. The SMILES string of the molecule is NC1(CCc2cc3cccc(Br)c3o2)CC1. The monoisotopic (exact) mass is 279 g/mol. The Morgan fingerprint density at radius 1 is 1.38 bits per heavy atom. The number of aryl methyl sites for hydroxylation is 1. The Labute approximate surface area is 103 Å². The molecule has 2 N–H and O–H groups in total. The van der Waals surface area contributed by atoms with E-state index in [1.807, 2.05) is 12.1 Å². The lowest BCUT2D eigenvalue weighted by atomic mass is 10.1. The third-order valence-corrected chi connectivity index (χ3v) is 3.93. The Hall–Kier alpha value is -0.800. The Morgan fingerprint density at radius 2 is 2.19 bits per heavy atom. The smallest absolute Gasteiger partial charge is 0.148 e. The van der Waals surface area contributed by atoms with E-state index in [0.29, 0.717) is 0 Å². The molecule has 0 spiro atoms. The molecule has 1 saturated carbocycles. The van der Waals surface area contributed by atoms with Crippen molar-refractivity contribution < 1.29 is 4.42 Å². The van der Waals surface area contributed by atoms with Crippen molar-refractivity contribution in [2.75, 3.05) is 0 Å². The van der Waals surface area contributed by atoms with Gasteiger partial charge in [-0.15, -0.1) is 0 Å². The summed E-state index contributed by atoms with van der Waals surface area (Å²) in [4.78, 5) is 0. The maximum absolute atomic E-state index is 6.07. The van der Waals surface area contributed by atoms with E-state index in [9.17, 15) is 0 Å². The molecule has 0 radical (unpaired) electrons. The van der Waals surface area contributed by atoms with Crippen molar-refractivity contribution >= 4 is 26.9 Å². The molecule has 3 heteroatoms. The van der Waals surface area contributed by atoms with E-state index < -0.39 is 0 Å². The fraction of sp³-hybridized carbons (Fsp3) is 0.385. The van der Waals surface area contributed by atoms with Crippen LogP contribution in [0.4, 0.5) is 0 Å². The van der Waals surface area contributed by atoms with Crippen molar-refractivity contribution in [3.63, 3.8) is 0 Å². The molecule has 0 bridgehead atoms. The molecule has 3 rings (SSSR count). The van der Waals surface area contributed by atoms with Crippen molar-refractivity contribution in [3.05, 3.63) is 34.5 Å². The topological polar surface area (TPSA) is 39.2 Å². The second kappa shape index (κ2) is 3.60. The molecule has 0 saturated heterocycles. The van der Waals surface area contributed by atoms with Crippen LogP contribution in [0.3, 0.4) is 0 Å². The van der Waals surface area contributed by atoms with E-state index in [4.69, 9.17) is 10.2 Å². The molecule has 0 amide bonds. The van der Waals surface area contributed by atoms with Gasteiger partial charge >= 0.3 is 0 Å². The second-order valence-electron chi connectivity index (χ2n) is 4.73. The fourth-order valence-electron chi connectivity index (χ4n) is 1.99. The Kier molecular flexibility index (Phi) is 2.33. The summed E-state index contributed by atoms with van der Waals surface area (Å²) in [7, 11) is 0. The van der Waals surface area contributed by atoms with Crippen LogP contribution in [-0.4, -0.2) is 5.54 Å². The normalized spacial score (nSPS) is 17.9. The summed E-state index contributed by atoms with van der Waals surface area (Å²) in [5.74, 6) is 1.04. The number of para-hydroxylation sites is 1. The third kappa shape index (κ3) is 1.89. The maximum atomic E-state index is 6.07. The van der Waals surface area contributed by atoms with Crippen LogP contribution < -0.4 is 5.73 Å². The van der Waals surface area contributed by atoms with Gasteiger partial charge in [0, 0.05) is 17.3 Å². The summed E-state index contributed by atoms with van der Waals surface area (Å²) in [5, 5.41) is 1.16. The van der Waals surface area contributed by atoms with Gasteiger partial charge < -0.3 is 10.2 Å². The number of benzene rings is 1. The van der Waals surface area contributed by atoms with Crippen molar-refractivity contribution in [2.45, 2.75) is 31.2 Å². The number of rotatable bonds is 3. The highest BCUT2D eigenvalue weighted by Gasteiger charge is 2.37. The molecule has 1 aromatic carbocycles. The van der Waals surface area contributed by atoms with Crippen molar-refractivity contribution in [1.82, 2.24) is 0 Å². The molecule has 0 aliphatic heterocycles. The van der Waals surface area contributed by atoms with E-state index in [-0.39, 0.29) is 5.54 Å². The predicted molar refractivity (Wildman–Crippen MR) is 68.4 cm³/mol. The summed E-state index contributed by atoms with van der Waals surface area (Å²) in [5.41, 5.74) is 7.12. The van der Waals surface area contributed by atoms with Crippen LogP contribution in [0.2, 0.25) is 0 Å². The molecule has 84 valence electrons. The molecule has 16 heavy (non-hydrogen) atoms. The van der Waals surface area contributed by atoms with Crippen LogP contribution in [0.5, 0.6) is 0 Å². The standard InChI is InChI=1S/C13H14BrNO/c14-11-3-1-2-9-8-10(16-12(9)11)4-5-13(15)6-7-13/h1-3,8H,4-7,15H2. The van der Waals surface area contributed by atoms with Gasteiger partial charge in [-0.2, -0.15) is 0 Å². The Balaban J connectivity index is 1.85. The lowest BCUT2D eigenvalue weighted by Crippen LogP contribution is -2.21. The van der Waals surface area contributed by atoms with Crippen molar-refractivity contribution in [3.8, 4) is 0 Å². The first-order valence-electron chi connectivity index (χ1n) is 5.62. The van der Waals surface area contributed by atoms with Gasteiger partial charge in [0.2, 0.25) is 0 Å². The van der Waals surface area contributed by atoms with Crippen molar-refractivity contribution in [2.24, 2.45) is 5.73 Å². The van der Waals surface area contributed by atoms with Crippen LogP contribution in [0, 0.1) is 0 Å². The number of nitrogens with two attached hydrogens (primary N) is 1. The molecular formula is C13H14BrNO. The largest absolute Gasteiger partial charge is 0.460 e. The van der Waals surface area contributed by atoms with Crippen LogP contribution in [0.25, 0.3) is 11.0 Å². The van der Waals surface area contributed by atoms with Crippen LogP contribution in [0.15, 0.2) is 33.2 Å². The first-order chi connectivity index (χ1) is 7.66. The highest BCUT2D eigenvalue weighted by Crippen LogP contribution is 2.37. The van der Waals surface area contributed by atoms with Gasteiger partial charge in [-0.1, -0.05) is 12.1 Å². The summed E-state index contributed by atoms with van der Waals surface area (Å²) in [6.45, 7) is 0. The van der Waals surface area contributed by atoms with Gasteiger partial charge in [-0.3, -0.25) is 0 Å². The molecule has 2 aromatic rings. The van der Waals surface area contributed by atoms with Gasteiger partial charge in [0.25, 0.3) is 0 Å². The number of hydrogen-bond acceptors (Lipinski definition) is 2. The van der Waals surface area contributed by atoms with Gasteiger partial charge in [0.1, 0.15) is 11.3 Å². The summed E-state index contributed by atoms with van der Waals surface area (Å²) >= 11 is 3.49. The van der Waals surface area contributed by atoms with Gasteiger partial charge in [0.05, 0.1) is 4.47 Å². The van der Waals surface area contributed by atoms with Crippen LogP contribution in [-0.2, 0) is 6.42 Å². The zero-order valence-electron chi connectivity index (χ0n) is 9.00. The van der Waals surface area contributed by atoms with Crippen LogP contribution >= 0.6 is 15.9 Å². The second-order valence-corrected chi connectivity index (χ2v) is 5.59. The maximum Gasteiger partial charge on any atom is 0.148 e. The molecule has 2 nitrogen and oxygen atoms in total. The zero-order valence-corrected chi connectivity index (χ0v) is 10.6.